The van der Waals surface area contributed by atoms with E-state index in [1.165, 1.54) is 24.1 Å². The fourth-order valence-corrected chi connectivity index (χ4v) is 6.75. The maximum Gasteiger partial charge on any atom is 0.264 e. The van der Waals surface area contributed by atoms with E-state index >= 15 is 0 Å². The molecule has 2 amide bonds. The maximum absolute atomic E-state index is 14.6. The van der Waals surface area contributed by atoms with E-state index in [9.17, 15) is 18.0 Å². The van der Waals surface area contributed by atoms with Gasteiger partial charge in [0.25, 0.3) is 10.0 Å². The highest BCUT2D eigenvalue weighted by Crippen LogP contribution is 2.29. The second-order valence-electron chi connectivity index (χ2n) is 11.7. The summed E-state index contributed by atoms with van der Waals surface area (Å²) in [4.78, 5) is 30.0. The molecule has 8 nitrogen and oxygen atoms in total. The zero-order valence-electron chi connectivity index (χ0n) is 26.1. The van der Waals surface area contributed by atoms with Gasteiger partial charge in [0, 0.05) is 34.6 Å². The van der Waals surface area contributed by atoms with E-state index in [1.54, 1.807) is 60.7 Å². The van der Waals surface area contributed by atoms with Crippen molar-refractivity contribution in [3.8, 4) is 5.75 Å². The van der Waals surface area contributed by atoms with Gasteiger partial charge >= 0.3 is 0 Å². The number of anilines is 1. The highest BCUT2D eigenvalue weighted by Gasteiger charge is 2.36. The largest absolute Gasteiger partial charge is 0.497 e. The second kappa shape index (κ2) is 15.0. The van der Waals surface area contributed by atoms with E-state index in [1.807, 2.05) is 51.1 Å². The number of hydrogen-bond acceptors (Lipinski definition) is 5. The third-order valence-corrected chi connectivity index (χ3v) is 9.45. The monoisotopic (exact) mass is 681 g/mol. The molecule has 0 aromatic heterocycles. The first-order valence-corrected chi connectivity index (χ1v) is 16.8. The average molecular weight is 683 g/mol. The highest BCUT2D eigenvalue weighted by atomic mass is 35.5. The zero-order chi connectivity index (χ0) is 33.5. The summed E-state index contributed by atoms with van der Waals surface area (Å²) < 4.78 is 34.6. The topological polar surface area (TPSA) is 96.0 Å². The molecule has 0 saturated carbocycles. The van der Waals surface area contributed by atoms with E-state index in [2.05, 4.69) is 5.32 Å². The SMILES string of the molecule is COc1cccc(N(CC(=O)N(Cc2ccc(Cl)cc2Cl)[C@H](Cc2ccccc2)C(=O)NC(C)(C)C)S(=O)(=O)c2ccccc2)c1. The number of methoxy groups -OCH3 is 1. The van der Waals surface area contributed by atoms with Crippen molar-refractivity contribution >= 4 is 50.7 Å². The van der Waals surface area contributed by atoms with Crippen LogP contribution in [-0.4, -0.2) is 50.4 Å². The Morgan fingerprint density at radius 1 is 0.870 bits per heavy atom. The van der Waals surface area contributed by atoms with Gasteiger partial charge in [0.15, 0.2) is 0 Å². The Bertz CT molecular complexity index is 1760. The summed E-state index contributed by atoms with van der Waals surface area (Å²) in [5.41, 5.74) is 0.972. The minimum atomic E-state index is -4.24. The molecule has 0 saturated heterocycles. The molecule has 4 aromatic rings. The number of sulfonamides is 1. The lowest BCUT2D eigenvalue weighted by Gasteiger charge is -2.35. The van der Waals surface area contributed by atoms with Gasteiger partial charge in [-0.25, -0.2) is 8.42 Å². The predicted octanol–water partition coefficient (Wildman–Crippen LogP) is 6.75. The molecule has 4 aromatic carbocycles. The smallest absolute Gasteiger partial charge is 0.264 e. The van der Waals surface area contributed by atoms with Crippen molar-refractivity contribution in [2.75, 3.05) is 18.0 Å². The molecule has 0 unspecified atom stereocenters. The van der Waals surface area contributed by atoms with Gasteiger partial charge in [-0.3, -0.25) is 13.9 Å². The summed E-state index contributed by atoms with van der Waals surface area (Å²) >= 11 is 12.7. The van der Waals surface area contributed by atoms with Gasteiger partial charge in [-0.1, -0.05) is 83.9 Å². The Labute approximate surface area is 280 Å². The van der Waals surface area contributed by atoms with Gasteiger partial charge < -0.3 is 15.0 Å². The first-order valence-electron chi connectivity index (χ1n) is 14.6. The number of hydrogen-bond donors (Lipinski definition) is 1. The van der Waals surface area contributed by atoms with Gasteiger partial charge in [0.2, 0.25) is 11.8 Å². The Balaban J connectivity index is 1.84. The molecule has 242 valence electrons. The molecule has 0 radical (unpaired) electrons. The van der Waals surface area contributed by atoms with Gasteiger partial charge in [0.1, 0.15) is 18.3 Å². The van der Waals surface area contributed by atoms with E-state index in [0.29, 0.717) is 21.4 Å². The van der Waals surface area contributed by atoms with Crippen molar-refractivity contribution in [3.63, 3.8) is 0 Å². The van der Waals surface area contributed by atoms with Crippen molar-refractivity contribution < 1.29 is 22.7 Å². The van der Waals surface area contributed by atoms with E-state index in [0.717, 1.165) is 9.87 Å². The Kier molecular flexibility index (Phi) is 11.4. The van der Waals surface area contributed by atoms with Crippen LogP contribution in [-0.2, 0) is 32.6 Å². The van der Waals surface area contributed by atoms with Crippen LogP contribution in [0.1, 0.15) is 31.9 Å². The van der Waals surface area contributed by atoms with Crippen LogP contribution in [0.15, 0.2) is 108 Å². The van der Waals surface area contributed by atoms with Crippen molar-refractivity contribution in [2.45, 2.75) is 50.2 Å². The summed E-state index contributed by atoms with van der Waals surface area (Å²) in [5.74, 6) is -0.596. The Hall–Kier alpha value is -4.05. The standard InChI is InChI=1S/C35H37Cl2N3O5S/c1-35(2,3)38-34(42)32(20-25-12-7-5-8-13-25)39(23-26-18-19-27(36)21-31(26)37)33(41)24-40(28-14-11-15-29(22-28)45-4)46(43,44)30-16-9-6-10-17-30/h5-19,21-22,32H,20,23-24H2,1-4H3,(H,38,42)/t32-/m1/s1. The van der Waals surface area contributed by atoms with Gasteiger partial charge in [0.05, 0.1) is 17.7 Å². The molecule has 0 aliphatic rings. The molecule has 0 fully saturated rings. The van der Waals surface area contributed by atoms with Crippen molar-refractivity contribution in [1.82, 2.24) is 10.2 Å². The zero-order valence-corrected chi connectivity index (χ0v) is 28.4. The van der Waals surface area contributed by atoms with Crippen molar-refractivity contribution in [3.05, 3.63) is 124 Å². The molecule has 0 heterocycles. The van der Waals surface area contributed by atoms with E-state index < -0.39 is 40.0 Å². The average Bonchev–Trinajstić information content (AvgIpc) is 3.02. The predicted molar refractivity (Wildman–Crippen MR) is 183 cm³/mol. The first-order chi connectivity index (χ1) is 21.8. The summed E-state index contributed by atoms with van der Waals surface area (Å²) in [6.07, 6.45) is 0.171. The second-order valence-corrected chi connectivity index (χ2v) is 14.4. The van der Waals surface area contributed by atoms with E-state index in [4.69, 9.17) is 27.9 Å². The molecule has 1 atom stereocenters. The maximum atomic E-state index is 14.6. The van der Waals surface area contributed by atoms with Crippen molar-refractivity contribution in [2.24, 2.45) is 0 Å². The van der Waals surface area contributed by atoms with Crippen LogP contribution in [0, 0.1) is 0 Å². The summed E-state index contributed by atoms with van der Waals surface area (Å²) in [5, 5.41) is 3.73. The van der Waals surface area contributed by atoms with E-state index in [-0.39, 0.29) is 23.5 Å². The molecule has 11 heteroatoms. The quantitative estimate of drug-likeness (QED) is 0.178. The third-order valence-electron chi connectivity index (χ3n) is 7.08. The number of rotatable bonds is 12. The molecule has 0 spiro atoms. The molecular formula is C35H37Cl2N3O5S. The summed E-state index contributed by atoms with van der Waals surface area (Å²) in [7, 11) is -2.77. The van der Waals surface area contributed by atoms with Crippen LogP contribution in [0.5, 0.6) is 5.75 Å². The van der Waals surface area contributed by atoms with Crippen LogP contribution in [0.2, 0.25) is 10.0 Å². The minimum Gasteiger partial charge on any atom is -0.497 e. The summed E-state index contributed by atoms with van der Waals surface area (Å²) in [6, 6.07) is 27.5. The molecule has 0 aliphatic heterocycles. The number of benzene rings is 4. The molecule has 4 rings (SSSR count). The number of amides is 2. The number of carbonyl (C=O) groups is 2. The Morgan fingerprint density at radius 3 is 2.13 bits per heavy atom. The fourth-order valence-electron chi connectivity index (χ4n) is 4.85. The number of nitrogens with one attached hydrogen (secondary N) is 1. The van der Waals surface area contributed by atoms with Crippen molar-refractivity contribution in [1.29, 1.82) is 0 Å². The van der Waals surface area contributed by atoms with Crippen LogP contribution < -0.4 is 14.4 Å². The van der Waals surface area contributed by atoms with Gasteiger partial charge in [-0.2, -0.15) is 0 Å². The lowest BCUT2D eigenvalue weighted by atomic mass is 10.0. The minimum absolute atomic E-state index is 0.00391. The lowest BCUT2D eigenvalue weighted by Crippen LogP contribution is -2.56. The normalized spacial score (nSPS) is 12.2. The number of halogens is 2. The van der Waals surface area contributed by atoms with Gasteiger partial charge in [-0.05, 0) is 68.3 Å². The number of nitrogens with zero attached hydrogens (tertiary/aromatic N) is 2. The lowest BCUT2D eigenvalue weighted by molar-refractivity contribution is -0.140. The molecule has 1 N–H and O–H groups in total. The van der Waals surface area contributed by atoms with Crippen LogP contribution in [0.25, 0.3) is 0 Å². The van der Waals surface area contributed by atoms with Crippen LogP contribution >= 0.6 is 23.2 Å². The summed E-state index contributed by atoms with van der Waals surface area (Å²) in [6.45, 7) is 4.86. The number of carbonyl (C=O) groups excluding carboxylic acids is 2. The van der Waals surface area contributed by atoms with Gasteiger partial charge in [-0.15, -0.1) is 0 Å². The highest BCUT2D eigenvalue weighted by molar-refractivity contribution is 7.92. The molecule has 0 bridgehead atoms. The number of ether oxygens (including phenoxy) is 1. The Morgan fingerprint density at radius 2 is 1.52 bits per heavy atom. The first kappa shape index (κ1) is 34.8. The van der Waals surface area contributed by atoms with Crippen LogP contribution in [0.3, 0.4) is 0 Å². The molecular weight excluding hydrogens is 645 g/mol. The molecule has 46 heavy (non-hydrogen) atoms. The van der Waals surface area contributed by atoms with Crippen LogP contribution in [0.4, 0.5) is 5.69 Å². The fraction of sp³-hybridized carbons (Fsp3) is 0.257. The molecule has 0 aliphatic carbocycles. The third kappa shape index (κ3) is 9.02.